The van der Waals surface area contributed by atoms with Crippen LogP contribution in [0.25, 0.3) is 11.1 Å². The number of rotatable bonds is 20. The Labute approximate surface area is 275 Å². The number of allylic oxidation sites excluding steroid dienone is 1. The molecule has 3 aromatic rings. The molecule has 6 nitrogen and oxygen atoms in total. The number of hydrogen-bond donors (Lipinski definition) is 2. The van der Waals surface area contributed by atoms with E-state index in [4.69, 9.17) is 9.47 Å². The molecular weight excluding hydrogens is 574 g/mol. The van der Waals surface area contributed by atoms with Gasteiger partial charge in [-0.15, -0.1) is 0 Å². The van der Waals surface area contributed by atoms with Crippen LogP contribution in [-0.4, -0.2) is 42.5 Å². The molecule has 0 saturated heterocycles. The van der Waals surface area contributed by atoms with Crippen molar-refractivity contribution in [1.29, 1.82) is 0 Å². The molecule has 0 heterocycles. The van der Waals surface area contributed by atoms with E-state index in [9.17, 15) is 14.7 Å². The fourth-order valence-electron chi connectivity index (χ4n) is 6.20. The van der Waals surface area contributed by atoms with E-state index in [0.29, 0.717) is 5.56 Å². The van der Waals surface area contributed by atoms with Gasteiger partial charge in [-0.25, -0.2) is 9.59 Å². The molecule has 0 spiro atoms. The number of esters is 1. The highest BCUT2D eigenvalue weighted by Gasteiger charge is 2.30. The average Bonchev–Trinajstić information content (AvgIpc) is 3.41. The summed E-state index contributed by atoms with van der Waals surface area (Å²) in [7, 11) is 0. The molecule has 0 fully saturated rings. The maximum atomic E-state index is 13.0. The summed E-state index contributed by atoms with van der Waals surface area (Å²) >= 11 is 0. The Balaban J connectivity index is 1.28. The van der Waals surface area contributed by atoms with Crippen molar-refractivity contribution in [3.63, 3.8) is 0 Å². The third-order valence-electron chi connectivity index (χ3n) is 8.79. The van der Waals surface area contributed by atoms with Gasteiger partial charge in [-0.05, 0) is 53.3 Å². The lowest BCUT2D eigenvalue weighted by molar-refractivity contribution is 0.0253. The van der Waals surface area contributed by atoms with Gasteiger partial charge in [0.2, 0.25) is 0 Å². The summed E-state index contributed by atoms with van der Waals surface area (Å²) in [5.74, 6) is -0.596. The number of hydrogen-bond acceptors (Lipinski definition) is 5. The molecule has 0 unspecified atom stereocenters. The first-order chi connectivity index (χ1) is 22.6. The van der Waals surface area contributed by atoms with Crippen molar-refractivity contribution in [2.45, 2.75) is 102 Å². The molecule has 0 saturated carbocycles. The Kier molecular flexibility index (Phi) is 14.9. The number of ether oxygens (including phenoxy) is 2. The Morgan fingerprint density at radius 1 is 0.761 bits per heavy atom. The number of unbranched alkanes of at least 4 members (excludes halogenated alkanes) is 11. The van der Waals surface area contributed by atoms with E-state index in [1.54, 1.807) is 30.3 Å². The van der Waals surface area contributed by atoms with E-state index in [0.717, 1.165) is 41.5 Å². The van der Waals surface area contributed by atoms with E-state index < -0.39 is 30.8 Å². The molecule has 0 radical (unpaired) electrons. The average molecular weight is 626 g/mol. The Morgan fingerprint density at radius 2 is 1.30 bits per heavy atom. The molecular formula is C40H51NO5. The van der Waals surface area contributed by atoms with Gasteiger partial charge in [-0.1, -0.05) is 144 Å². The molecule has 2 atom stereocenters. The number of aliphatic hydroxyl groups is 1. The second-order valence-corrected chi connectivity index (χ2v) is 12.2. The largest absolute Gasteiger partial charge is 0.452 e. The first-order valence-electron chi connectivity index (χ1n) is 17.3. The molecule has 0 aliphatic heterocycles. The van der Waals surface area contributed by atoms with Crippen LogP contribution < -0.4 is 5.32 Å². The van der Waals surface area contributed by atoms with Crippen molar-refractivity contribution in [2.75, 3.05) is 13.2 Å². The molecule has 1 aliphatic rings. The second kappa shape index (κ2) is 19.6. The molecule has 1 aliphatic carbocycles. The van der Waals surface area contributed by atoms with Crippen LogP contribution in [0.4, 0.5) is 4.79 Å². The number of aliphatic hydroxyl groups excluding tert-OH is 1. The minimum atomic E-state index is -0.864. The van der Waals surface area contributed by atoms with Crippen LogP contribution in [0.15, 0.2) is 91.0 Å². The molecule has 3 aromatic carbocycles. The van der Waals surface area contributed by atoms with Crippen molar-refractivity contribution in [2.24, 2.45) is 0 Å². The molecule has 2 N–H and O–H groups in total. The minimum absolute atomic E-state index is 0.0804. The zero-order valence-electron chi connectivity index (χ0n) is 27.4. The lowest BCUT2D eigenvalue weighted by Crippen LogP contribution is -2.47. The van der Waals surface area contributed by atoms with Crippen LogP contribution >= 0.6 is 0 Å². The summed E-state index contributed by atoms with van der Waals surface area (Å²) in [5.41, 5.74) is 4.95. The van der Waals surface area contributed by atoms with Gasteiger partial charge < -0.3 is 19.9 Å². The molecule has 46 heavy (non-hydrogen) atoms. The molecule has 0 aromatic heterocycles. The third kappa shape index (κ3) is 10.6. The predicted octanol–water partition coefficient (Wildman–Crippen LogP) is 9.37. The topological polar surface area (TPSA) is 84.9 Å². The first-order valence-corrected chi connectivity index (χ1v) is 17.3. The number of fused-ring (bicyclic) bond motifs is 3. The lowest BCUT2D eigenvalue weighted by Gasteiger charge is -2.24. The van der Waals surface area contributed by atoms with Crippen LogP contribution in [-0.2, 0) is 9.47 Å². The second-order valence-electron chi connectivity index (χ2n) is 12.2. The highest BCUT2D eigenvalue weighted by atomic mass is 16.6. The molecule has 246 valence electrons. The van der Waals surface area contributed by atoms with Crippen molar-refractivity contribution in [1.82, 2.24) is 5.32 Å². The molecule has 6 heteroatoms. The quantitative estimate of drug-likeness (QED) is 0.0742. The van der Waals surface area contributed by atoms with Crippen LogP contribution in [0.2, 0.25) is 0 Å². The van der Waals surface area contributed by atoms with E-state index in [2.05, 4.69) is 36.5 Å². The Hall–Kier alpha value is -3.90. The van der Waals surface area contributed by atoms with Gasteiger partial charge in [0.15, 0.2) is 0 Å². The first kappa shape index (κ1) is 35.0. The Morgan fingerprint density at radius 3 is 1.89 bits per heavy atom. The van der Waals surface area contributed by atoms with Crippen molar-refractivity contribution in [3.8, 4) is 11.1 Å². The van der Waals surface area contributed by atoms with Gasteiger partial charge in [0.1, 0.15) is 12.7 Å². The number of benzene rings is 3. The van der Waals surface area contributed by atoms with Gasteiger partial charge in [-0.2, -0.15) is 0 Å². The Bertz CT molecular complexity index is 1330. The van der Waals surface area contributed by atoms with Crippen molar-refractivity contribution in [3.05, 3.63) is 108 Å². The fraction of sp³-hybridized carbons (Fsp3) is 0.450. The molecule has 1 amide bonds. The van der Waals surface area contributed by atoms with Crippen molar-refractivity contribution >= 4 is 12.1 Å². The standard InChI is InChI=1S/C40H51NO5/c1-2-3-4-5-6-7-8-9-10-11-12-13-17-28-38(46-39(43)31-22-15-14-16-23-31)37(29-42)41-40(44)45-30-36-34-26-20-18-24-32(34)33-25-19-21-27-35(33)36/h14-28,36-38,42H,2-13,29-30H2,1H3,(H,41,44)/b28-17+/t37-,38+/m0/s1. The molecule has 0 bridgehead atoms. The third-order valence-corrected chi connectivity index (χ3v) is 8.79. The minimum Gasteiger partial charge on any atom is -0.452 e. The van der Waals surface area contributed by atoms with Crippen LogP contribution in [0.3, 0.4) is 0 Å². The van der Waals surface area contributed by atoms with E-state index in [1.807, 2.05) is 36.4 Å². The summed E-state index contributed by atoms with van der Waals surface area (Å²) in [6, 6.07) is 24.2. The van der Waals surface area contributed by atoms with E-state index in [1.165, 1.54) is 57.8 Å². The summed E-state index contributed by atoms with van der Waals surface area (Å²) < 4.78 is 11.5. The number of nitrogens with one attached hydrogen (secondary N) is 1. The van der Waals surface area contributed by atoms with Gasteiger partial charge in [0, 0.05) is 5.92 Å². The SMILES string of the molecule is CCCCCCCCCCCCC/C=C/[C@@H](OC(=O)c1ccccc1)[C@H](CO)NC(=O)OCC1c2ccccc2-c2ccccc21. The van der Waals surface area contributed by atoms with E-state index in [-0.39, 0.29) is 12.5 Å². The van der Waals surface area contributed by atoms with Crippen molar-refractivity contribution < 1.29 is 24.2 Å². The maximum Gasteiger partial charge on any atom is 0.407 e. The smallest absolute Gasteiger partial charge is 0.407 e. The number of carbonyl (C=O) groups is 2. The number of carbonyl (C=O) groups excluding carboxylic acids is 2. The van der Waals surface area contributed by atoms with Crippen LogP contribution in [0.1, 0.15) is 111 Å². The fourth-order valence-corrected chi connectivity index (χ4v) is 6.20. The normalized spacial score (nSPS) is 13.6. The molecule has 4 rings (SSSR count). The maximum absolute atomic E-state index is 13.0. The van der Waals surface area contributed by atoms with Gasteiger partial charge in [0.05, 0.1) is 18.2 Å². The van der Waals surface area contributed by atoms with Gasteiger partial charge in [-0.3, -0.25) is 0 Å². The van der Waals surface area contributed by atoms with Gasteiger partial charge in [0.25, 0.3) is 0 Å². The number of amides is 1. The predicted molar refractivity (Wildman–Crippen MR) is 185 cm³/mol. The monoisotopic (exact) mass is 625 g/mol. The van der Waals surface area contributed by atoms with E-state index >= 15 is 0 Å². The van der Waals surface area contributed by atoms with Crippen LogP contribution in [0, 0.1) is 0 Å². The lowest BCUT2D eigenvalue weighted by atomic mass is 9.98. The zero-order chi connectivity index (χ0) is 32.4. The zero-order valence-corrected chi connectivity index (χ0v) is 27.4. The number of alkyl carbamates (subject to hydrolysis) is 1. The summed E-state index contributed by atoms with van der Waals surface area (Å²) in [4.78, 5) is 26.0. The van der Waals surface area contributed by atoms with Crippen LogP contribution in [0.5, 0.6) is 0 Å². The van der Waals surface area contributed by atoms with Gasteiger partial charge >= 0.3 is 12.1 Å². The highest BCUT2D eigenvalue weighted by molar-refractivity contribution is 5.89. The summed E-state index contributed by atoms with van der Waals surface area (Å²) in [6.45, 7) is 1.99. The summed E-state index contributed by atoms with van der Waals surface area (Å²) in [5, 5.41) is 13.0. The highest BCUT2D eigenvalue weighted by Crippen LogP contribution is 2.44. The summed E-state index contributed by atoms with van der Waals surface area (Å²) in [6.07, 6.45) is 17.1.